The molecule has 3 nitrogen and oxygen atoms in total. The average Bonchev–Trinajstić information content (AvgIpc) is 3.04. The van der Waals surface area contributed by atoms with Gasteiger partial charge in [-0.05, 0) is 55.4 Å². The van der Waals surface area contributed by atoms with Crippen LogP contribution in [0, 0.1) is 11.8 Å². The molecule has 2 aliphatic carbocycles. The van der Waals surface area contributed by atoms with Gasteiger partial charge in [0.05, 0.1) is 0 Å². The Bertz CT molecular complexity index is 317. The summed E-state index contributed by atoms with van der Waals surface area (Å²) in [7, 11) is 0. The molecule has 0 radical (unpaired) electrons. The zero-order valence-corrected chi connectivity index (χ0v) is 13.0. The Balaban J connectivity index is 1.87. The highest BCUT2D eigenvalue weighted by Gasteiger charge is 2.50. The van der Waals surface area contributed by atoms with Crippen molar-refractivity contribution >= 4 is 17.7 Å². The van der Waals surface area contributed by atoms with Gasteiger partial charge in [-0.15, -0.1) is 0 Å². The van der Waals surface area contributed by atoms with Gasteiger partial charge in [0.2, 0.25) is 0 Å². The molecule has 0 amide bonds. The van der Waals surface area contributed by atoms with Crippen LogP contribution in [0.2, 0.25) is 0 Å². The molecule has 0 heterocycles. The minimum Gasteiger partial charge on any atom is -0.480 e. The van der Waals surface area contributed by atoms with Crippen molar-refractivity contribution in [2.75, 3.05) is 11.5 Å². The first-order chi connectivity index (χ1) is 9.04. The summed E-state index contributed by atoms with van der Waals surface area (Å²) in [4.78, 5) is 11.8. The van der Waals surface area contributed by atoms with Crippen molar-refractivity contribution in [2.24, 2.45) is 11.8 Å². The predicted octanol–water partition coefficient (Wildman–Crippen LogP) is 3.14. The molecule has 2 atom stereocenters. The number of thioether (sulfide) groups is 1. The molecule has 0 aromatic carbocycles. The van der Waals surface area contributed by atoms with Gasteiger partial charge in [-0.2, -0.15) is 11.8 Å². The number of carbonyl (C=O) groups is 1. The molecule has 2 N–H and O–H groups in total. The van der Waals surface area contributed by atoms with Crippen molar-refractivity contribution < 1.29 is 9.90 Å². The van der Waals surface area contributed by atoms with Gasteiger partial charge in [0, 0.05) is 6.04 Å². The van der Waals surface area contributed by atoms with Crippen molar-refractivity contribution in [3.63, 3.8) is 0 Å². The molecular weight excluding hydrogens is 258 g/mol. The lowest BCUT2D eigenvalue weighted by molar-refractivity contribution is -0.146. The van der Waals surface area contributed by atoms with Gasteiger partial charge in [0.15, 0.2) is 0 Å². The van der Waals surface area contributed by atoms with Crippen LogP contribution in [0.15, 0.2) is 0 Å². The van der Waals surface area contributed by atoms with E-state index >= 15 is 0 Å². The molecule has 0 saturated heterocycles. The van der Waals surface area contributed by atoms with E-state index in [0.717, 1.165) is 50.2 Å². The Hall–Kier alpha value is -0.220. The van der Waals surface area contributed by atoms with E-state index in [1.807, 2.05) is 11.8 Å². The molecule has 4 heteroatoms. The third kappa shape index (κ3) is 3.88. The highest BCUT2D eigenvalue weighted by atomic mass is 32.2. The van der Waals surface area contributed by atoms with Gasteiger partial charge in [0.1, 0.15) is 5.54 Å². The fourth-order valence-electron chi connectivity index (χ4n) is 3.14. The Labute approximate surface area is 120 Å². The first-order valence-corrected chi connectivity index (χ1v) is 8.79. The van der Waals surface area contributed by atoms with E-state index in [9.17, 15) is 9.90 Å². The highest BCUT2D eigenvalue weighted by Crippen LogP contribution is 2.41. The summed E-state index contributed by atoms with van der Waals surface area (Å²) in [5.74, 6) is 2.72. The van der Waals surface area contributed by atoms with Gasteiger partial charge in [0.25, 0.3) is 0 Å². The van der Waals surface area contributed by atoms with Crippen molar-refractivity contribution in [2.45, 2.75) is 64.0 Å². The third-order valence-electron chi connectivity index (χ3n) is 4.30. The number of carboxylic acid groups (broad SMARTS) is 1. The normalized spacial score (nSPS) is 31.0. The molecule has 2 saturated carbocycles. The maximum absolute atomic E-state index is 11.8. The molecule has 19 heavy (non-hydrogen) atoms. The zero-order valence-electron chi connectivity index (χ0n) is 12.2. The zero-order chi connectivity index (χ0) is 13.9. The summed E-state index contributed by atoms with van der Waals surface area (Å²) < 4.78 is 0. The van der Waals surface area contributed by atoms with Crippen LogP contribution >= 0.6 is 11.8 Å². The lowest BCUT2D eigenvalue weighted by Crippen LogP contribution is -2.55. The molecule has 0 bridgehead atoms. The second-order valence-electron chi connectivity index (χ2n) is 6.54. The summed E-state index contributed by atoms with van der Waals surface area (Å²) in [6.45, 7) is 4.47. The molecular formula is C15H27NO2S. The van der Waals surface area contributed by atoms with Gasteiger partial charge < -0.3 is 5.11 Å². The van der Waals surface area contributed by atoms with Gasteiger partial charge in [-0.3, -0.25) is 10.1 Å². The Morgan fingerprint density at radius 3 is 2.74 bits per heavy atom. The van der Waals surface area contributed by atoms with Crippen LogP contribution in [0.25, 0.3) is 0 Å². The minimum atomic E-state index is -0.615. The molecule has 0 spiro atoms. The van der Waals surface area contributed by atoms with E-state index in [2.05, 4.69) is 19.2 Å². The van der Waals surface area contributed by atoms with E-state index in [-0.39, 0.29) is 0 Å². The third-order valence-corrected chi connectivity index (χ3v) is 5.73. The monoisotopic (exact) mass is 285 g/mol. The Morgan fingerprint density at radius 1 is 1.42 bits per heavy atom. The molecule has 0 aromatic rings. The molecule has 0 aromatic heterocycles. The smallest absolute Gasteiger partial charge is 0.324 e. The summed E-state index contributed by atoms with van der Waals surface area (Å²) in [6.07, 6.45) is 6.31. The van der Waals surface area contributed by atoms with E-state index in [1.54, 1.807) is 0 Å². The molecule has 2 unspecified atom stereocenters. The first-order valence-electron chi connectivity index (χ1n) is 7.63. The van der Waals surface area contributed by atoms with Gasteiger partial charge in [-0.25, -0.2) is 0 Å². The molecule has 2 rings (SSSR count). The fourth-order valence-corrected chi connectivity index (χ4v) is 4.23. The second kappa shape index (κ2) is 6.49. The number of hydrogen-bond donors (Lipinski definition) is 2. The predicted molar refractivity (Wildman–Crippen MR) is 80.6 cm³/mol. The van der Waals surface area contributed by atoms with E-state index < -0.39 is 11.5 Å². The molecule has 2 fully saturated rings. The summed E-state index contributed by atoms with van der Waals surface area (Å²) in [5.41, 5.74) is -0.612. The number of hydrogen-bond acceptors (Lipinski definition) is 3. The first kappa shape index (κ1) is 15.2. The SMILES string of the molecule is CC(C)CSCCC1CCCC1(NC1CC1)C(=O)O. The van der Waals surface area contributed by atoms with Crippen LogP contribution in [0.3, 0.4) is 0 Å². The van der Waals surface area contributed by atoms with Gasteiger partial charge >= 0.3 is 5.97 Å². The largest absolute Gasteiger partial charge is 0.480 e. The summed E-state index contributed by atoms with van der Waals surface area (Å²) in [6, 6.07) is 0.472. The fraction of sp³-hybridized carbons (Fsp3) is 0.933. The lowest BCUT2D eigenvalue weighted by atomic mass is 9.85. The van der Waals surface area contributed by atoms with Crippen LogP contribution in [0.1, 0.15) is 52.4 Å². The summed E-state index contributed by atoms with van der Waals surface area (Å²) in [5, 5.41) is 13.1. The van der Waals surface area contributed by atoms with Crippen molar-refractivity contribution in [3.05, 3.63) is 0 Å². The maximum Gasteiger partial charge on any atom is 0.324 e. The van der Waals surface area contributed by atoms with Crippen LogP contribution < -0.4 is 5.32 Å². The molecule has 2 aliphatic rings. The maximum atomic E-state index is 11.8. The number of rotatable bonds is 8. The second-order valence-corrected chi connectivity index (χ2v) is 7.69. The van der Waals surface area contributed by atoms with Gasteiger partial charge in [-0.1, -0.05) is 20.3 Å². The van der Waals surface area contributed by atoms with Crippen LogP contribution in [0.5, 0.6) is 0 Å². The van der Waals surface area contributed by atoms with Crippen molar-refractivity contribution in [3.8, 4) is 0 Å². The van der Waals surface area contributed by atoms with Crippen LogP contribution in [-0.4, -0.2) is 34.2 Å². The van der Waals surface area contributed by atoms with E-state index in [1.165, 1.54) is 5.75 Å². The molecule has 0 aliphatic heterocycles. The lowest BCUT2D eigenvalue weighted by Gasteiger charge is -2.32. The Kier molecular flexibility index (Phi) is 5.18. The van der Waals surface area contributed by atoms with Crippen LogP contribution in [0.4, 0.5) is 0 Å². The van der Waals surface area contributed by atoms with E-state index in [0.29, 0.717) is 12.0 Å². The number of carboxylic acids is 1. The Morgan fingerprint density at radius 2 is 2.16 bits per heavy atom. The highest BCUT2D eigenvalue weighted by molar-refractivity contribution is 7.99. The van der Waals surface area contributed by atoms with Crippen molar-refractivity contribution in [1.29, 1.82) is 0 Å². The standard InChI is InChI=1S/C15H27NO2S/c1-11(2)10-19-9-7-12-4-3-8-15(12,14(17)18)16-13-5-6-13/h11-13,16H,3-10H2,1-2H3,(H,17,18). The number of aliphatic carboxylic acids is 1. The topological polar surface area (TPSA) is 49.3 Å². The average molecular weight is 285 g/mol. The van der Waals surface area contributed by atoms with Crippen molar-refractivity contribution in [1.82, 2.24) is 5.32 Å². The summed E-state index contributed by atoms with van der Waals surface area (Å²) >= 11 is 1.97. The minimum absolute atomic E-state index is 0.324. The quantitative estimate of drug-likeness (QED) is 0.673. The molecule has 110 valence electrons. The number of nitrogens with one attached hydrogen (secondary N) is 1. The van der Waals surface area contributed by atoms with Crippen LogP contribution in [-0.2, 0) is 4.79 Å². The van der Waals surface area contributed by atoms with E-state index in [4.69, 9.17) is 0 Å².